The largest absolute Gasteiger partial charge is 0.377 e. The molecule has 0 aliphatic heterocycles. The molecule has 0 unspecified atom stereocenters. The zero-order valence-electron chi connectivity index (χ0n) is 15.5. The zero-order chi connectivity index (χ0) is 18.3. The minimum absolute atomic E-state index is 0.0477. The first-order valence-corrected chi connectivity index (χ1v) is 8.66. The number of nitrogens with one attached hydrogen (secondary N) is 1. The molecule has 1 heterocycles. The lowest BCUT2D eigenvalue weighted by Crippen LogP contribution is -2.15. The second kappa shape index (κ2) is 13.7. The average Bonchev–Trinajstić information content (AvgIpc) is 2.59. The van der Waals surface area contributed by atoms with Crippen LogP contribution in [0.15, 0.2) is 18.2 Å². The van der Waals surface area contributed by atoms with E-state index in [0.29, 0.717) is 64.3 Å². The number of ether oxygens (including phenoxy) is 4. The van der Waals surface area contributed by atoms with Crippen LogP contribution in [0.1, 0.15) is 31.3 Å². The van der Waals surface area contributed by atoms with Gasteiger partial charge in [-0.05, 0) is 26.0 Å². The SMILES string of the molecule is CC(=O)c1cccc(NCCOCCOCCOCCOC(C)C)n1. The van der Waals surface area contributed by atoms with Crippen molar-refractivity contribution in [2.24, 2.45) is 0 Å². The Kier molecular flexibility index (Phi) is 11.8. The maximum atomic E-state index is 11.3. The van der Waals surface area contributed by atoms with Crippen LogP contribution in [-0.4, -0.2) is 69.7 Å². The Labute approximate surface area is 150 Å². The lowest BCUT2D eigenvalue weighted by atomic mass is 10.3. The molecular formula is C18H30N2O5. The molecule has 142 valence electrons. The number of Topliss-reactive ketones (excluding diaryl/α,β-unsaturated/α-hetero) is 1. The van der Waals surface area contributed by atoms with Crippen LogP contribution in [0, 0.1) is 0 Å². The van der Waals surface area contributed by atoms with Crippen molar-refractivity contribution in [3.8, 4) is 0 Å². The van der Waals surface area contributed by atoms with Crippen LogP contribution in [0.5, 0.6) is 0 Å². The van der Waals surface area contributed by atoms with E-state index in [4.69, 9.17) is 18.9 Å². The highest BCUT2D eigenvalue weighted by molar-refractivity contribution is 5.92. The predicted octanol–water partition coefficient (Wildman–Crippen LogP) is 2.17. The molecule has 0 fully saturated rings. The van der Waals surface area contributed by atoms with Crippen LogP contribution in [0.2, 0.25) is 0 Å². The Hall–Kier alpha value is -1.54. The number of hydrogen-bond donors (Lipinski definition) is 1. The van der Waals surface area contributed by atoms with Crippen molar-refractivity contribution in [3.63, 3.8) is 0 Å². The standard InChI is InChI=1S/C18H30N2O5/c1-15(2)25-14-13-24-12-11-23-10-9-22-8-7-19-18-6-4-5-17(20-18)16(3)21/h4-6,15H,7-14H2,1-3H3,(H,19,20). The van der Waals surface area contributed by atoms with Gasteiger partial charge in [-0.15, -0.1) is 0 Å². The van der Waals surface area contributed by atoms with Crippen molar-refractivity contribution in [2.75, 3.05) is 58.1 Å². The molecule has 0 spiro atoms. The summed E-state index contributed by atoms with van der Waals surface area (Å²) in [5.74, 6) is 0.625. The van der Waals surface area contributed by atoms with Gasteiger partial charge in [0, 0.05) is 13.5 Å². The van der Waals surface area contributed by atoms with Gasteiger partial charge in [0.05, 0.1) is 52.4 Å². The molecule has 1 rings (SSSR count). The van der Waals surface area contributed by atoms with Gasteiger partial charge >= 0.3 is 0 Å². The maximum absolute atomic E-state index is 11.3. The first-order valence-electron chi connectivity index (χ1n) is 8.66. The molecule has 0 radical (unpaired) electrons. The molecular weight excluding hydrogens is 324 g/mol. The Bertz CT molecular complexity index is 482. The van der Waals surface area contributed by atoms with Crippen LogP contribution >= 0.6 is 0 Å². The summed E-state index contributed by atoms with van der Waals surface area (Å²) >= 11 is 0. The van der Waals surface area contributed by atoms with Crippen LogP contribution in [-0.2, 0) is 18.9 Å². The highest BCUT2D eigenvalue weighted by atomic mass is 16.6. The number of rotatable bonds is 15. The van der Waals surface area contributed by atoms with Crippen molar-refractivity contribution in [1.82, 2.24) is 4.98 Å². The lowest BCUT2D eigenvalue weighted by molar-refractivity contribution is -0.0110. The van der Waals surface area contributed by atoms with Gasteiger partial charge in [0.15, 0.2) is 5.78 Å². The quantitative estimate of drug-likeness (QED) is 0.382. The Morgan fingerprint density at radius 2 is 1.60 bits per heavy atom. The number of hydrogen-bond acceptors (Lipinski definition) is 7. The summed E-state index contributed by atoms with van der Waals surface area (Å²) in [6, 6.07) is 5.32. The minimum atomic E-state index is -0.0477. The number of ketones is 1. The van der Waals surface area contributed by atoms with Crippen molar-refractivity contribution in [1.29, 1.82) is 0 Å². The first kappa shape index (κ1) is 21.5. The molecule has 0 aliphatic carbocycles. The van der Waals surface area contributed by atoms with E-state index in [1.807, 2.05) is 19.9 Å². The Balaban J connectivity index is 1.89. The number of pyridine rings is 1. The van der Waals surface area contributed by atoms with Gasteiger partial charge in [-0.25, -0.2) is 4.98 Å². The Morgan fingerprint density at radius 1 is 1.00 bits per heavy atom. The molecule has 1 N–H and O–H groups in total. The number of aromatic nitrogens is 1. The topological polar surface area (TPSA) is 78.9 Å². The molecule has 0 bridgehead atoms. The fraction of sp³-hybridized carbons (Fsp3) is 0.667. The molecule has 7 heteroatoms. The molecule has 0 saturated heterocycles. The van der Waals surface area contributed by atoms with Gasteiger partial charge < -0.3 is 24.3 Å². The van der Waals surface area contributed by atoms with Crippen molar-refractivity contribution < 1.29 is 23.7 Å². The first-order chi connectivity index (χ1) is 12.1. The monoisotopic (exact) mass is 354 g/mol. The summed E-state index contributed by atoms with van der Waals surface area (Å²) < 4.78 is 21.6. The second-order valence-corrected chi connectivity index (χ2v) is 5.65. The molecule has 0 saturated carbocycles. The molecule has 0 atom stereocenters. The fourth-order valence-corrected chi connectivity index (χ4v) is 1.87. The van der Waals surface area contributed by atoms with E-state index in [0.717, 1.165) is 0 Å². The van der Waals surface area contributed by atoms with Crippen LogP contribution in [0.25, 0.3) is 0 Å². The number of anilines is 1. The summed E-state index contributed by atoms with van der Waals surface area (Å²) in [5.41, 5.74) is 0.456. The molecule has 0 aliphatic rings. The number of nitrogens with zero attached hydrogens (tertiary/aromatic N) is 1. The van der Waals surface area contributed by atoms with Crippen LogP contribution in [0.4, 0.5) is 5.82 Å². The molecule has 25 heavy (non-hydrogen) atoms. The van der Waals surface area contributed by atoms with Gasteiger partial charge in [-0.1, -0.05) is 6.07 Å². The average molecular weight is 354 g/mol. The lowest BCUT2D eigenvalue weighted by Gasteiger charge is -2.09. The Morgan fingerprint density at radius 3 is 2.20 bits per heavy atom. The summed E-state index contributed by atoms with van der Waals surface area (Å²) in [6.45, 7) is 10.0. The minimum Gasteiger partial charge on any atom is -0.377 e. The van der Waals surface area contributed by atoms with E-state index in [-0.39, 0.29) is 11.9 Å². The summed E-state index contributed by atoms with van der Waals surface area (Å²) in [4.78, 5) is 15.5. The normalized spacial score (nSPS) is 11.0. The molecule has 0 amide bonds. The third-order valence-electron chi connectivity index (χ3n) is 3.09. The predicted molar refractivity (Wildman–Crippen MR) is 96.3 cm³/mol. The van der Waals surface area contributed by atoms with Crippen molar-refractivity contribution in [3.05, 3.63) is 23.9 Å². The summed E-state index contributed by atoms with van der Waals surface area (Å²) in [6.07, 6.45) is 0.236. The van der Waals surface area contributed by atoms with E-state index in [2.05, 4.69) is 10.3 Å². The molecule has 1 aromatic rings. The third-order valence-corrected chi connectivity index (χ3v) is 3.09. The van der Waals surface area contributed by atoms with Gasteiger partial charge in [-0.2, -0.15) is 0 Å². The highest BCUT2D eigenvalue weighted by Crippen LogP contribution is 2.04. The summed E-state index contributed by atoms with van der Waals surface area (Å²) in [7, 11) is 0. The summed E-state index contributed by atoms with van der Waals surface area (Å²) in [5, 5.41) is 3.12. The second-order valence-electron chi connectivity index (χ2n) is 5.65. The highest BCUT2D eigenvalue weighted by Gasteiger charge is 2.01. The molecule has 1 aromatic heterocycles. The maximum Gasteiger partial charge on any atom is 0.178 e. The van der Waals surface area contributed by atoms with Crippen molar-refractivity contribution >= 4 is 11.6 Å². The number of carbonyl (C=O) groups excluding carboxylic acids is 1. The smallest absolute Gasteiger partial charge is 0.178 e. The van der Waals surface area contributed by atoms with Gasteiger partial charge in [0.2, 0.25) is 0 Å². The third kappa shape index (κ3) is 11.6. The van der Waals surface area contributed by atoms with E-state index >= 15 is 0 Å². The van der Waals surface area contributed by atoms with Gasteiger partial charge in [-0.3, -0.25) is 4.79 Å². The van der Waals surface area contributed by atoms with E-state index in [9.17, 15) is 4.79 Å². The molecule has 7 nitrogen and oxygen atoms in total. The fourth-order valence-electron chi connectivity index (χ4n) is 1.87. The van der Waals surface area contributed by atoms with Gasteiger partial charge in [0.25, 0.3) is 0 Å². The molecule has 0 aromatic carbocycles. The van der Waals surface area contributed by atoms with Crippen LogP contribution < -0.4 is 5.32 Å². The van der Waals surface area contributed by atoms with E-state index in [1.54, 1.807) is 12.1 Å². The zero-order valence-corrected chi connectivity index (χ0v) is 15.5. The van der Waals surface area contributed by atoms with E-state index < -0.39 is 0 Å². The van der Waals surface area contributed by atoms with Crippen molar-refractivity contribution in [2.45, 2.75) is 26.9 Å². The van der Waals surface area contributed by atoms with Crippen LogP contribution in [0.3, 0.4) is 0 Å². The number of carbonyl (C=O) groups is 1. The van der Waals surface area contributed by atoms with E-state index in [1.165, 1.54) is 6.92 Å². The van der Waals surface area contributed by atoms with Gasteiger partial charge in [0.1, 0.15) is 11.5 Å².